The zero-order valence-corrected chi connectivity index (χ0v) is 18.0. The van der Waals surface area contributed by atoms with Gasteiger partial charge in [0, 0.05) is 25.7 Å². The number of hydrogen-bond donors (Lipinski definition) is 2. The van der Waals surface area contributed by atoms with Crippen molar-refractivity contribution in [3.8, 4) is 11.3 Å². The summed E-state index contributed by atoms with van der Waals surface area (Å²) < 4.78 is 15.4. The summed E-state index contributed by atoms with van der Waals surface area (Å²) in [6.45, 7) is 6.63. The Hall–Kier alpha value is -2.74. The summed E-state index contributed by atoms with van der Waals surface area (Å²) in [4.78, 5) is 27.1. The van der Waals surface area contributed by atoms with Crippen LogP contribution in [0.25, 0.3) is 11.3 Å². The molecule has 2 heterocycles. The van der Waals surface area contributed by atoms with Crippen molar-refractivity contribution < 1.29 is 14.0 Å². The molecule has 1 aliphatic heterocycles. The lowest BCUT2D eigenvalue weighted by Crippen LogP contribution is -2.54. The number of carbonyl (C=O) groups excluding carboxylic acids is 2. The summed E-state index contributed by atoms with van der Waals surface area (Å²) in [5.74, 6) is -0.732. The fraction of sp³-hybridized carbons (Fsp3) is 0.500. The van der Waals surface area contributed by atoms with Crippen molar-refractivity contribution in [2.45, 2.75) is 52.2 Å². The predicted octanol–water partition coefficient (Wildman–Crippen LogP) is 2.21. The fourth-order valence-corrected chi connectivity index (χ4v) is 3.68. The van der Waals surface area contributed by atoms with E-state index < -0.39 is 12.1 Å². The first-order valence-electron chi connectivity index (χ1n) is 10.2. The van der Waals surface area contributed by atoms with E-state index in [2.05, 4.69) is 10.4 Å². The highest BCUT2D eigenvalue weighted by Gasteiger charge is 2.39. The summed E-state index contributed by atoms with van der Waals surface area (Å²) >= 11 is 0. The normalized spacial score (nSPS) is 17.8. The number of aromatic nitrogens is 2. The van der Waals surface area contributed by atoms with Gasteiger partial charge in [0.05, 0.1) is 12.2 Å². The number of benzene rings is 1. The second-order valence-electron chi connectivity index (χ2n) is 8.91. The minimum absolute atomic E-state index is 0.177. The van der Waals surface area contributed by atoms with Gasteiger partial charge in [-0.25, -0.2) is 4.39 Å². The SMILES string of the molecule is Cn1ncc(F)c1-c1ccc(CNC(=O)C2CCCN2C(=O)C(N)C(C)(C)C)cc1. The largest absolute Gasteiger partial charge is 0.350 e. The van der Waals surface area contributed by atoms with Gasteiger partial charge in [0.15, 0.2) is 5.82 Å². The average Bonchev–Trinajstić information content (AvgIpc) is 3.31. The molecule has 0 bridgehead atoms. The molecule has 1 aromatic carbocycles. The van der Waals surface area contributed by atoms with E-state index in [4.69, 9.17) is 5.73 Å². The molecule has 2 atom stereocenters. The van der Waals surface area contributed by atoms with Crippen LogP contribution in [0, 0.1) is 11.2 Å². The molecule has 0 saturated carbocycles. The number of aryl methyl sites for hydroxylation is 1. The first-order chi connectivity index (χ1) is 14.1. The molecule has 3 N–H and O–H groups in total. The Labute approximate surface area is 176 Å². The molecule has 7 nitrogen and oxygen atoms in total. The standard InChI is InChI=1S/C22H30FN5O2/c1-22(2,3)19(24)21(30)28-11-5-6-17(28)20(29)25-12-14-7-9-15(10-8-14)18-16(23)13-26-27(18)4/h7-10,13,17,19H,5-6,11-12,24H2,1-4H3,(H,25,29). The number of likely N-dealkylation sites (tertiary alicyclic amines) is 1. The molecule has 1 aromatic heterocycles. The molecule has 1 fully saturated rings. The zero-order valence-electron chi connectivity index (χ0n) is 18.0. The Morgan fingerprint density at radius 3 is 2.53 bits per heavy atom. The summed E-state index contributed by atoms with van der Waals surface area (Å²) in [5, 5.41) is 6.83. The number of carbonyl (C=O) groups is 2. The highest BCUT2D eigenvalue weighted by molar-refractivity contribution is 5.90. The number of nitrogens with zero attached hydrogens (tertiary/aromatic N) is 3. The zero-order chi connectivity index (χ0) is 22.1. The second kappa shape index (κ2) is 8.55. The fourth-order valence-electron chi connectivity index (χ4n) is 3.68. The van der Waals surface area contributed by atoms with Crippen molar-refractivity contribution in [2.75, 3.05) is 6.54 Å². The number of rotatable bonds is 5. The highest BCUT2D eigenvalue weighted by Crippen LogP contribution is 2.25. The second-order valence-corrected chi connectivity index (χ2v) is 8.91. The summed E-state index contributed by atoms with van der Waals surface area (Å²) in [5.41, 5.74) is 7.77. The van der Waals surface area contributed by atoms with Crippen LogP contribution in [0.3, 0.4) is 0 Å². The van der Waals surface area contributed by atoms with E-state index >= 15 is 0 Å². The van der Waals surface area contributed by atoms with E-state index in [1.54, 1.807) is 24.1 Å². The van der Waals surface area contributed by atoms with Crippen molar-refractivity contribution in [3.05, 3.63) is 41.8 Å². The molecule has 162 valence electrons. The monoisotopic (exact) mass is 415 g/mol. The first kappa shape index (κ1) is 22.0. The predicted molar refractivity (Wildman–Crippen MR) is 113 cm³/mol. The lowest BCUT2D eigenvalue weighted by molar-refractivity contribution is -0.141. The van der Waals surface area contributed by atoms with Crippen molar-refractivity contribution in [1.29, 1.82) is 0 Å². The topological polar surface area (TPSA) is 93.2 Å². The lowest BCUT2D eigenvalue weighted by Gasteiger charge is -2.32. The van der Waals surface area contributed by atoms with Gasteiger partial charge in [-0.2, -0.15) is 5.10 Å². The lowest BCUT2D eigenvalue weighted by atomic mass is 9.86. The van der Waals surface area contributed by atoms with Gasteiger partial charge in [-0.15, -0.1) is 0 Å². The number of amides is 2. The van der Waals surface area contributed by atoms with Crippen LogP contribution < -0.4 is 11.1 Å². The van der Waals surface area contributed by atoms with E-state index in [1.165, 1.54) is 10.9 Å². The maximum Gasteiger partial charge on any atom is 0.243 e. The van der Waals surface area contributed by atoms with Gasteiger partial charge < -0.3 is 16.0 Å². The van der Waals surface area contributed by atoms with Crippen molar-refractivity contribution in [3.63, 3.8) is 0 Å². The molecular formula is C22H30FN5O2. The minimum Gasteiger partial charge on any atom is -0.350 e. The Bertz CT molecular complexity index is 897. The molecule has 2 unspecified atom stereocenters. The Morgan fingerprint density at radius 2 is 1.97 bits per heavy atom. The Balaban J connectivity index is 1.62. The van der Waals surface area contributed by atoms with Gasteiger partial charge in [0.1, 0.15) is 11.7 Å². The van der Waals surface area contributed by atoms with Crippen molar-refractivity contribution in [1.82, 2.24) is 20.0 Å². The van der Waals surface area contributed by atoms with Crippen molar-refractivity contribution in [2.24, 2.45) is 18.2 Å². The molecular weight excluding hydrogens is 385 g/mol. The highest BCUT2D eigenvalue weighted by atomic mass is 19.1. The molecule has 8 heteroatoms. The molecule has 0 radical (unpaired) electrons. The van der Waals surface area contributed by atoms with Crippen LogP contribution in [-0.2, 0) is 23.2 Å². The van der Waals surface area contributed by atoms with Crippen LogP contribution in [0.1, 0.15) is 39.2 Å². The van der Waals surface area contributed by atoms with Crippen LogP contribution in [0.15, 0.2) is 30.5 Å². The third kappa shape index (κ3) is 4.53. The van der Waals surface area contributed by atoms with Gasteiger partial charge in [-0.3, -0.25) is 14.3 Å². The van der Waals surface area contributed by atoms with Gasteiger partial charge >= 0.3 is 0 Å². The van der Waals surface area contributed by atoms with Gasteiger partial charge in [0.2, 0.25) is 11.8 Å². The molecule has 2 amide bonds. The molecule has 1 aliphatic rings. The molecule has 30 heavy (non-hydrogen) atoms. The third-order valence-electron chi connectivity index (χ3n) is 5.63. The van der Waals surface area contributed by atoms with Crippen LogP contribution in [0.2, 0.25) is 0 Å². The van der Waals surface area contributed by atoms with Crippen LogP contribution in [-0.4, -0.2) is 45.1 Å². The maximum atomic E-state index is 13.9. The number of nitrogens with one attached hydrogen (secondary N) is 1. The molecule has 0 spiro atoms. The van der Waals surface area contributed by atoms with E-state index in [-0.39, 0.29) is 23.0 Å². The van der Waals surface area contributed by atoms with E-state index in [0.29, 0.717) is 30.8 Å². The summed E-state index contributed by atoms with van der Waals surface area (Å²) in [6.07, 6.45) is 2.60. The quantitative estimate of drug-likeness (QED) is 0.783. The van der Waals surface area contributed by atoms with E-state index in [1.807, 2.05) is 32.9 Å². The number of halogens is 1. The van der Waals surface area contributed by atoms with Crippen LogP contribution in [0.5, 0.6) is 0 Å². The summed E-state index contributed by atoms with van der Waals surface area (Å²) in [7, 11) is 1.69. The van der Waals surface area contributed by atoms with Gasteiger partial charge in [-0.1, -0.05) is 45.0 Å². The smallest absolute Gasteiger partial charge is 0.243 e. The van der Waals surface area contributed by atoms with E-state index in [0.717, 1.165) is 12.0 Å². The summed E-state index contributed by atoms with van der Waals surface area (Å²) in [6, 6.07) is 6.15. The molecule has 1 saturated heterocycles. The van der Waals surface area contributed by atoms with E-state index in [9.17, 15) is 14.0 Å². The minimum atomic E-state index is -0.647. The Morgan fingerprint density at radius 1 is 1.30 bits per heavy atom. The average molecular weight is 416 g/mol. The maximum absolute atomic E-state index is 13.9. The van der Waals surface area contributed by atoms with Gasteiger partial charge in [-0.05, 0) is 23.8 Å². The third-order valence-corrected chi connectivity index (χ3v) is 5.63. The van der Waals surface area contributed by atoms with Crippen LogP contribution in [0.4, 0.5) is 4.39 Å². The first-order valence-corrected chi connectivity index (χ1v) is 10.2. The number of nitrogens with two attached hydrogens (primary N) is 1. The van der Waals surface area contributed by atoms with Crippen molar-refractivity contribution >= 4 is 11.8 Å². The van der Waals surface area contributed by atoms with Crippen LogP contribution >= 0.6 is 0 Å². The number of hydrogen-bond acceptors (Lipinski definition) is 4. The molecule has 2 aromatic rings. The molecule has 0 aliphatic carbocycles. The Kier molecular flexibility index (Phi) is 6.26. The van der Waals surface area contributed by atoms with Gasteiger partial charge in [0.25, 0.3) is 0 Å². The molecule has 3 rings (SSSR count).